The third kappa shape index (κ3) is 4.11. The number of carboxylic acid groups (broad SMARTS) is 1. The molecule has 7 heteroatoms. The smallest absolute Gasteiger partial charge is 0.312 e. The van der Waals surface area contributed by atoms with Crippen LogP contribution in [0.5, 0.6) is 0 Å². The van der Waals surface area contributed by atoms with Crippen molar-refractivity contribution in [2.45, 2.75) is 45.6 Å². The van der Waals surface area contributed by atoms with Gasteiger partial charge in [0.1, 0.15) is 6.04 Å². The fraction of sp³-hybridized carbons (Fsp3) is 0.769. The molecule has 0 radical (unpaired) electrons. The normalized spacial score (nSPS) is 27.4. The van der Waals surface area contributed by atoms with E-state index < -0.39 is 29.4 Å². The maximum Gasteiger partial charge on any atom is 0.312 e. The van der Waals surface area contributed by atoms with Crippen LogP contribution in [0.1, 0.15) is 39.5 Å². The Bertz CT molecular complexity index is 389. The van der Waals surface area contributed by atoms with Crippen molar-refractivity contribution in [3.05, 3.63) is 0 Å². The average Bonchev–Trinajstić information content (AvgIpc) is 2.37. The van der Waals surface area contributed by atoms with Crippen molar-refractivity contribution in [2.24, 2.45) is 17.1 Å². The Morgan fingerprint density at radius 3 is 2.35 bits per heavy atom. The first-order valence-electron chi connectivity index (χ1n) is 6.84. The molecule has 5 N–H and O–H groups in total. The Labute approximate surface area is 118 Å². The molecule has 1 rings (SSSR count). The molecule has 1 aliphatic carbocycles. The number of nitrogens with one attached hydrogen (secondary N) is 2. The summed E-state index contributed by atoms with van der Waals surface area (Å²) in [6.07, 6.45) is 2.80. The molecule has 0 heterocycles. The lowest BCUT2D eigenvalue weighted by molar-refractivity contribution is -0.151. The summed E-state index contributed by atoms with van der Waals surface area (Å²) in [5.74, 6) is -0.781. The maximum atomic E-state index is 11.8. The molecular weight excluding hydrogens is 262 g/mol. The van der Waals surface area contributed by atoms with Gasteiger partial charge in [0.15, 0.2) is 0 Å². The van der Waals surface area contributed by atoms with E-state index in [2.05, 4.69) is 17.6 Å². The minimum atomic E-state index is -0.894. The molecule has 0 bridgehead atoms. The van der Waals surface area contributed by atoms with Gasteiger partial charge in [0, 0.05) is 6.54 Å². The number of rotatable bonds is 5. The van der Waals surface area contributed by atoms with E-state index in [1.807, 2.05) is 0 Å². The molecule has 0 spiro atoms. The Morgan fingerprint density at radius 1 is 1.35 bits per heavy atom. The highest BCUT2D eigenvalue weighted by atomic mass is 16.4. The number of hydrogen-bond acceptors (Lipinski definition) is 3. The zero-order chi connectivity index (χ0) is 15.3. The Balaban J connectivity index is 2.58. The number of urea groups is 1. The number of carbonyl (C=O) groups is 3. The van der Waals surface area contributed by atoms with Gasteiger partial charge in [-0.2, -0.15) is 0 Å². The lowest BCUT2D eigenvalue weighted by Gasteiger charge is -2.36. The summed E-state index contributed by atoms with van der Waals surface area (Å²) >= 11 is 0. The Morgan fingerprint density at radius 2 is 1.90 bits per heavy atom. The van der Waals surface area contributed by atoms with Gasteiger partial charge in [-0.25, -0.2) is 4.79 Å². The van der Waals surface area contributed by atoms with Crippen molar-refractivity contribution in [2.75, 3.05) is 6.54 Å². The number of amides is 3. The summed E-state index contributed by atoms with van der Waals surface area (Å²) < 4.78 is 0. The van der Waals surface area contributed by atoms with Gasteiger partial charge in [-0.15, -0.1) is 0 Å². The van der Waals surface area contributed by atoms with Crippen LogP contribution in [-0.2, 0) is 9.59 Å². The lowest BCUT2D eigenvalue weighted by Crippen LogP contribution is -2.51. The summed E-state index contributed by atoms with van der Waals surface area (Å²) in [5.41, 5.74) is 4.04. The predicted octanol–water partition coefficient (Wildman–Crippen LogP) is 0.441. The van der Waals surface area contributed by atoms with Crippen molar-refractivity contribution in [1.82, 2.24) is 10.6 Å². The summed E-state index contributed by atoms with van der Waals surface area (Å²) in [4.78, 5) is 33.9. The quantitative estimate of drug-likeness (QED) is 0.585. The van der Waals surface area contributed by atoms with Gasteiger partial charge in [-0.3, -0.25) is 9.59 Å². The summed E-state index contributed by atoms with van der Waals surface area (Å²) in [7, 11) is 0. The molecule has 3 amide bonds. The molecule has 1 unspecified atom stereocenters. The standard InChI is InChI=1S/C13H23N3O4/c1-8-3-5-13(6-4-8,11(18)19)7-15-10(17)9(2)16-12(14)20/h8-9H,3-7H2,1-2H3,(H,15,17)(H,18,19)(H3,14,16,20). The topological polar surface area (TPSA) is 122 Å². The molecule has 0 aromatic rings. The van der Waals surface area contributed by atoms with Crippen molar-refractivity contribution in [1.29, 1.82) is 0 Å². The molecule has 114 valence electrons. The van der Waals surface area contributed by atoms with Gasteiger partial charge >= 0.3 is 12.0 Å². The van der Waals surface area contributed by atoms with Gasteiger partial charge in [-0.05, 0) is 38.5 Å². The number of nitrogens with two attached hydrogens (primary N) is 1. The van der Waals surface area contributed by atoms with Gasteiger partial charge in [0.25, 0.3) is 0 Å². The van der Waals surface area contributed by atoms with Crippen LogP contribution in [-0.4, -0.2) is 35.6 Å². The third-order valence-electron chi connectivity index (χ3n) is 4.04. The van der Waals surface area contributed by atoms with Crippen LogP contribution in [0.3, 0.4) is 0 Å². The minimum Gasteiger partial charge on any atom is -0.481 e. The first-order chi connectivity index (χ1) is 9.27. The largest absolute Gasteiger partial charge is 0.481 e. The molecule has 0 aromatic carbocycles. The van der Waals surface area contributed by atoms with E-state index in [0.717, 1.165) is 12.8 Å². The second-order valence-corrected chi connectivity index (χ2v) is 5.72. The number of aliphatic carboxylic acids is 1. The van der Waals surface area contributed by atoms with E-state index in [-0.39, 0.29) is 6.54 Å². The van der Waals surface area contributed by atoms with Crippen molar-refractivity contribution >= 4 is 17.9 Å². The first-order valence-corrected chi connectivity index (χ1v) is 6.84. The second kappa shape index (κ2) is 6.58. The lowest BCUT2D eigenvalue weighted by atomic mass is 9.71. The maximum absolute atomic E-state index is 11.8. The molecule has 1 atom stereocenters. The molecular formula is C13H23N3O4. The van der Waals surface area contributed by atoms with Gasteiger partial charge in [-0.1, -0.05) is 6.92 Å². The van der Waals surface area contributed by atoms with E-state index in [0.29, 0.717) is 18.8 Å². The van der Waals surface area contributed by atoms with Crippen LogP contribution < -0.4 is 16.4 Å². The summed E-state index contributed by atoms with van der Waals surface area (Å²) in [6.45, 7) is 3.68. The molecule has 1 saturated carbocycles. The highest BCUT2D eigenvalue weighted by Gasteiger charge is 2.41. The van der Waals surface area contributed by atoms with Gasteiger partial charge < -0.3 is 21.5 Å². The van der Waals surface area contributed by atoms with Crippen LogP contribution in [0.2, 0.25) is 0 Å². The number of primary amides is 1. The van der Waals surface area contributed by atoms with E-state index in [4.69, 9.17) is 5.73 Å². The third-order valence-corrected chi connectivity index (χ3v) is 4.04. The second-order valence-electron chi connectivity index (χ2n) is 5.72. The first kappa shape index (κ1) is 16.3. The molecule has 1 aliphatic rings. The summed E-state index contributed by atoms with van der Waals surface area (Å²) in [5, 5.41) is 14.3. The molecule has 0 saturated heterocycles. The van der Waals surface area contributed by atoms with Crippen LogP contribution in [0.25, 0.3) is 0 Å². The Kier molecular flexibility index (Phi) is 5.35. The molecule has 0 aliphatic heterocycles. The predicted molar refractivity (Wildman–Crippen MR) is 72.9 cm³/mol. The zero-order valence-corrected chi connectivity index (χ0v) is 11.9. The molecule has 1 fully saturated rings. The number of carboxylic acids is 1. The van der Waals surface area contributed by atoms with E-state index in [1.54, 1.807) is 0 Å². The van der Waals surface area contributed by atoms with E-state index in [9.17, 15) is 19.5 Å². The molecule has 7 nitrogen and oxygen atoms in total. The van der Waals surface area contributed by atoms with Crippen LogP contribution in [0, 0.1) is 11.3 Å². The summed E-state index contributed by atoms with van der Waals surface area (Å²) in [6, 6.07) is -1.56. The Hall–Kier alpha value is -1.79. The van der Waals surface area contributed by atoms with Crippen molar-refractivity contribution < 1.29 is 19.5 Å². The highest BCUT2D eigenvalue weighted by molar-refractivity contribution is 5.86. The number of hydrogen-bond donors (Lipinski definition) is 4. The van der Waals surface area contributed by atoms with Crippen LogP contribution >= 0.6 is 0 Å². The number of carbonyl (C=O) groups excluding carboxylic acids is 2. The molecule has 0 aromatic heterocycles. The highest BCUT2D eigenvalue weighted by Crippen LogP contribution is 2.38. The SMILES string of the molecule is CC1CCC(CNC(=O)C(C)NC(N)=O)(C(=O)O)CC1. The van der Waals surface area contributed by atoms with Crippen molar-refractivity contribution in [3.63, 3.8) is 0 Å². The van der Waals surface area contributed by atoms with Crippen molar-refractivity contribution in [3.8, 4) is 0 Å². The fourth-order valence-electron chi connectivity index (χ4n) is 2.47. The van der Waals surface area contributed by atoms with Crippen LogP contribution in [0.4, 0.5) is 4.79 Å². The fourth-order valence-corrected chi connectivity index (χ4v) is 2.47. The van der Waals surface area contributed by atoms with E-state index >= 15 is 0 Å². The van der Waals surface area contributed by atoms with Gasteiger partial charge in [0.2, 0.25) is 5.91 Å². The van der Waals surface area contributed by atoms with Gasteiger partial charge in [0.05, 0.1) is 5.41 Å². The van der Waals surface area contributed by atoms with E-state index in [1.165, 1.54) is 6.92 Å². The monoisotopic (exact) mass is 285 g/mol. The molecule has 20 heavy (non-hydrogen) atoms. The average molecular weight is 285 g/mol. The minimum absolute atomic E-state index is 0.0820. The van der Waals surface area contributed by atoms with Crippen LogP contribution in [0.15, 0.2) is 0 Å². The zero-order valence-electron chi connectivity index (χ0n) is 11.9.